The third kappa shape index (κ3) is 3.19. The average Bonchev–Trinajstić information content (AvgIpc) is 2.42. The largest absolute Gasteiger partial charge is 0.306 e. The van der Waals surface area contributed by atoms with E-state index in [-0.39, 0.29) is 16.1 Å². The van der Waals surface area contributed by atoms with Crippen molar-refractivity contribution in [3.63, 3.8) is 0 Å². The summed E-state index contributed by atoms with van der Waals surface area (Å²) in [7, 11) is 0. The molecule has 0 heterocycles. The number of hydrogen-bond acceptors (Lipinski definition) is 1. The highest BCUT2D eigenvalue weighted by Crippen LogP contribution is 2.32. The van der Waals surface area contributed by atoms with Gasteiger partial charge in [0.15, 0.2) is 11.6 Å². The number of hydrogen-bond donors (Lipinski definition) is 1. The molecule has 0 aliphatic heterocycles. The summed E-state index contributed by atoms with van der Waals surface area (Å²) in [4.78, 5) is 0. The highest BCUT2D eigenvalue weighted by Gasteiger charge is 2.24. The highest BCUT2D eigenvalue weighted by atomic mass is 35.5. The SMILES string of the molecule is CCNC(c1cc(F)c(F)cc1F)c1c(F)cccc1Cl. The van der Waals surface area contributed by atoms with E-state index >= 15 is 0 Å². The van der Waals surface area contributed by atoms with Gasteiger partial charge in [-0.1, -0.05) is 24.6 Å². The molecular weight excluding hydrogens is 306 g/mol. The van der Waals surface area contributed by atoms with Crippen LogP contribution in [0.25, 0.3) is 0 Å². The fraction of sp³-hybridized carbons (Fsp3) is 0.200. The second kappa shape index (κ2) is 6.45. The second-order valence-corrected chi connectivity index (χ2v) is 4.82. The van der Waals surface area contributed by atoms with Gasteiger partial charge >= 0.3 is 0 Å². The number of rotatable bonds is 4. The van der Waals surface area contributed by atoms with Gasteiger partial charge in [0.05, 0.1) is 6.04 Å². The summed E-state index contributed by atoms with van der Waals surface area (Å²) in [5, 5.41) is 2.90. The zero-order chi connectivity index (χ0) is 15.6. The van der Waals surface area contributed by atoms with Crippen molar-refractivity contribution in [2.75, 3.05) is 6.54 Å². The van der Waals surface area contributed by atoms with Crippen molar-refractivity contribution in [3.8, 4) is 0 Å². The molecule has 6 heteroatoms. The molecule has 0 aromatic heterocycles. The Kier molecular flexibility index (Phi) is 4.85. The van der Waals surface area contributed by atoms with Gasteiger partial charge in [-0.25, -0.2) is 17.6 Å². The minimum atomic E-state index is -1.30. The highest BCUT2D eigenvalue weighted by molar-refractivity contribution is 6.31. The van der Waals surface area contributed by atoms with E-state index in [1.54, 1.807) is 6.92 Å². The molecule has 0 bridgehead atoms. The Morgan fingerprint density at radius 2 is 1.67 bits per heavy atom. The Balaban J connectivity index is 2.62. The van der Waals surface area contributed by atoms with Gasteiger partial charge in [-0.15, -0.1) is 0 Å². The summed E-state index contributed by atoms with van der Waals surface area (Å²) in [5.74, 6) is -4.13. The molecule has 0 aliphatic carbocycles. The van der Waals surface area contributed by atoms with Crippen LogP contribution in [0.1, 0.15) is 24.1 Å². The van der Waals surface area contributed by atoms with Crippen molar-refractivity contribution in [1.29, 1.82) is 0 Å². The van der Waals surface area contributed by atoms with Crippen LogP contribution in [0.15, 0.2) is 30.3 Å². The first-order valence-electron chi connectivity index (χ1n) is 6.27. The molecule has 2 aromatic carbocycles. The molecule has 21 heavy (non-hydrogen) atoms. The maximum absolute atomic E-state index is 14.0. The van der Waals surface area contributed by atoms with Crippen LogP contribution in [0, 0.1) is 23.3 Å². The molecule has 0 saturated carbocycles. The van der Waals surface area contributed by atoms with Gasteiger partial charge in [0, 0.05) is 22.2 Å². The molecular formula is C15H12ClF4N. The van der Waals surface area contributed by atoms with Gasteiger partial charge in [0.2, 0.25) is 0 Å². The maximum atomic E-state index is 14.0. The Labute approximate surface area is 124 Å². The fourth-order valence-electron chi connectivity index (χ4n) is 2.12. The van der Waals surface area contributed by atoms with Crippen molar-refractivity contribution in [2.24, 2.45) is 0 Å². The molecule has 1 N–H and O–H groups in total. The fourth-order valence-corrected chi connectivity index (χ4v) is 2.39. The molecule has 0 fully saturated rings. The second-order valence-electron chi connectivity index (χ2n) is 4.41. The van der Waals surface area contributed by atoms with Crippen LogP contribution in [0.5, 0.6) is 0 Å². The Morgan fingerprint density at radius 1 is 1.00 bits per heavy atom. The van der Waals surface area contributed by atoms with E-state index in [2.05, 4.69) is 5.32 Å². The van der Waals surface area contributed by atoms with Crippen molar-refractivity contribution < 1.29 is 17.6 Å². The van der Waals surface area contributed by atoms with Crippen LogP contribution in [0.3, 0.4) is 0 Å². The van der Waals surface area contributed by atoms with Crippen molar-refractivity contribution in [2.45, 2.75) is 13.0 Å². The van der Waals surface area contributed by atoms with Crippen LogP contribution >= 0.6 is 11.6 Å². The lowest BCUT2D eigenvalue weighted by Crippen LogP contribution is -2.24. The Hall–Kier alpha value is -1.59. The van der Waals surface area contributed by atoms with E-state index in [1.165, 1.54) is 18.2 Å². The minimum absolute atomic E-state index is 0.00840. The molecule has 0 aliphatic rings. The zero-order valence-electron chi connectivity index (χ0n) is 11.1. The lowest BCUT2D eigenvalue weighted by atomic mass is 9.97. The van der Waals surface area contributed by atoms with Gasteiger partial charge in [-0.05, 0) is 24.7 Å². The predicted octanol–water partition coefficient (Wildman–Crippen LogP) is 4.60. The molecule has 2 rings (SSSR count). The van der Waals surface area contributed by atoms with Crippen molar-refractivity contribution >= 4 is 11.6 Å². The normalized spacial score (nSPS) is 12.5. The first-order chi connectivity index (χ1) is 9.95. The number of benzene rings is 2. The summed E-state index contributed by atoms with van der Waals surface area (Å²) < 4.78 is 54.4. The first kappa shape index (κ1) is 15.8. The average molecular weight is 318 g/mol. The predicted molar refractivity (Wildman–Crippen MR) is 73.2 cm³/mol. The van der Waals surface area contributed by atoms with Crippen LogP contribution in [0.2, 0.25) is 5.02 Å². The minimum Gasteiger partial charge on any atom is -0.306 e. The molecule has 2 aromatic rings. The quantitative estimate of drug-likeness (QED) is 0.642. The lowest BCUT2D eigenvalue weighted by Gasteiger charge is -2.21. The first-order valence-corrected chi connectivity index (χ1v) is 6.65. The van der Waals surface area contributed by atoms with Gasteiger partial charge in [0.1, 0.15) is 11.6 Å². The molecule has 1 unspecified atom stereocenters. The molecule has 1 atom stereocenters. The summed E-state index contributed by atoms with van der Waals surface area (Å²) in [6, 6.07) is 4.15. The molecule has 0 amide bonds. The standard InChI is InChI=1S/C15H12ClF4N/c1-2-21-15(14-9(16)4-3-5-10(14)17)8-6-12(19)13(20)7-11(8)18/h3-7,15,21H,2H2,1H3. The smallest absolute Gasteiger partial charge is 0.161 e. The molecule has 0 radical (unpaired) electrons. The zero-order valence-corrected chi connectivity index (χ0v) is 11.8. The monoisotopic (exact) mass is 317 g/mol. The third-order valence-electron chi connectivity index (χ3n) is 3.05. The Bertz CT molecular complexity index is 640. The summed E-state index contributed by atoms with van der Waals surface area (Å²) >= 11 is 5.96. The van der Waals surface area contributed by atoms with Gasteiger partial charge in [-0.3, -0.25) is 0 Å². The van der Waals surface area contributed by atoms with Gasteiger partial charge in [-0.2, -0.15) is 0 Å². The molecule has 0 spiro atoms. The van der Waals surface area contributed by atoms with E-state index in [4.69, 9.17) is 11.6 Å². The molecule has 0 saturated heterocycles. The van der Waals surface area contributed by atoms with E-state index in [9.17, 15) is 17.6 Å². The van der Waals surface area contributed by atoms with Crippen LogP contribution in [-0.2, 0) is 0 Å². The third-order valence-corrected chi connectivity index (χ3v) is 3.38. The maximum Gasteiger partial charge on any atom is 0.161 e. The van der Waals surface area contributed by atoms with Crippen LogP contribution < -0.4 is 5.32 Å². The van der Waals surface area contributed by atoms with E-state index in [0.29, 0.717) is 18.7 Å². The van der Waals surface area contributed by atoms with Crippen molar-refractivity contribution in [1.82, 2.24) is 5.32 Å². The van der Waals surface area contributed by atoms with Gasteiger partial charge in [0.25, 0.3) is 0 Å². The number of halogens is 5. The van der Waals surface area contributed by atoms with E-state index in [1.807, 2.05) is 0 Å². The van der Waals surface area contributed by atoms with Gasteiger partial charge < -0.3 is 5.32 Å². The molecule has 112 valence electrons. The summed E-state index contributed by atoms with van der Waals surface area (Å²) in [5.41, 5.74) is -0.214. The van der Waals surface area contributed by atoms with Crippen LogP contribution in [0.4, 0.5) is 17.6 Å². The summed E-state index contributed by atoms with van der Waals surface area (Å²) in [6.07, 6.45) is 0. The van der Waals surface area contributed by atoms with E-state index in [0.717, 1.165) is 0 Å². The Morgan fingerprint density at radius 3 is 2.29 bits per heavy atom. The van der Waals surface area contributed by atoms with E-state index < -0.39 is 29.3 Å². The van der Waals surface area contributed by atoms with Crippen LogP contribution in [-0.4, -0.2) is 6.54 Å². The molecule has 1 nitrogen and oxygen atoms in total. The van der Waals surface area contributed by atoms with Crippen molar-refractivity contribution in [3.05, 3.63) is 69.8 Å². The number of nitrogens with one attached hydrogen (secondary N) is 1. The topological polar surface area (TPSA) is 12.0 Å². The summed E-state index contributed by atoms with van der Waals surface area (Å²) in [6.45, 7) is 2.08. The lowest BCUT2D eigenvalue weighted by molar-refractivity contribution is 0.477.